The van der Waals surface area contributed by atoms with Gasteiger partial charge in [-0.1, -0.05) is 124 Å². The molecule has 0 radical (unpaired) electrons. The Morgan fingerprint density at radius 2 is 1.05 bits per heavy atom. The minimum Gasteiger partial charge on any atom is -0.385 e. The van der Waals surface area contributed by atoms with Crippen LogP contribution in [0.3, 0.4) is 0 Å². The molecule has 4 aromatic carbocycles. The van der Waals surface area contributed by atoms with Crippen molar-refractivity contribution in [2.24, 2.45) is 4.99 Å². The van der Waals surface area contributed by atoms with Crippen molar-refractivity contribution in [1.82, 2.24) is 4.48 Å². The maximum absolute atomic E-state index is 14.5. The Balaban J connectivity index is 1.70. The molecular weight excluding hydrogens is 765 g/mol. The van der Waals surface area contributed by atoms with Crippen LogP contribution in [0.25, 0.3) is 33.7 Å². The molecule has 1 aliphatic heterocycles. The normalized spacial score (nSPS) is 14.7. The first-order valence-corrected chi connectivity index (χ1v) is 17.6. The molecule has 57 heavy (non-hydrogen) atoms. The smallest absolute Gasteiger partial charge is 0.385 e. The van der Waals surface area contributed by atoms with E-state index in [4.69, 9.17) is 14.3 Å². The number of aromatic nitrogens is 1. The molecule has 0 bridgehead atoms. The van der Waals surface area contributed by atoms with Crippen LogP contribution in [-0.4, -0.2) is 54.9 Å². The van der Waals surface area contributed by atoms with Gasteiger partial charge in [0, 0.05) is 33.6 Å². The number of hydrogen-bond donors (Lipinski definition) is 0. The first-order chi connectivity index (χ1) is 26.6. The van der Waals surface area contributed by atoms with E-state index in [0.29, 0.717) is 33.7 Å². The van der Waals surface area contributed by atoms with Gasteiger partial charge in [0.2, 0.25) is 0 Å². The number of allylic oxidation sites excluding steroid dienone is 1. The molecule has 1 aliphatic rings. The number of fused-ring (bicyclic) bond motifs is 1. The third kappa shape index (κ3) is 8.45. The van der Waals surface area contributed by atoms with Crippen LogP contribution in [-0.2, 0) is 14.7 Å². The van der Waals surface area contributed by atoms with Gasteiger partial charge in [0.05, 0.1) is 11.4 Å². The number of aliphatic imine (C=N–C) groups is 1. The topological polar surface area (TPSA) is 35.8 Å². The summed E-state index contributed by atoms with van der Waals surface area (Å²) in [4.78, 5) is 5.04. The molecule has 4 nitrogen and oxygen atoms in total. The number of benzene rings is 4. The van der Waals surface area contributed by atoms with Crippen LogP contribution in [0.5, 0.6) is 0 Å². The number of rotatable bonds is 11. The monoisotopic (exact) mass is 800 g/mol. The predicted octanol–water partition coefficient (Wildman–Crippen LogP) is 12.1. The Labute approximate surface area is 322 Å². The summed E-state index contributed by atoms with van der Waals surface area (Å²) in [7, 11) is -2.69. The van der Waals surface area contributed by atoms with Crippen molar-refractivity contribution >= 4 is 24.2 Å². The van der Waals surface area contributed by atoms with Crippen LogP contribution in [0.2, 0.25) is 0 Å². The molecule has 0 atom stereocenters. The summed E-state index contributed by atoms with van der Waals surface area (Å²) in [6, 6.07) is 32.6. The van der Waals surface area contributed by atoms with Crippen molar-refractivity contribution in [2.45, 2.75) is 57.3 Å². The average Bonchev–Trinajstić information content (AvgIpc) is 3.74. The maximum atomic E-state index is 14.5. The molecule has 15 heteroatoms. The highest BCUT2D eigenvalue weighted by Gasteiger charge is 2.60. The highest BCUT2D eigenvalue weighted by molar-refractivity contribution is 6.44. The fourth-order valence-corrected chi connectivity index (χ4v) is 6.37. The Bertz CT molecular complexity index is 2250. The molecule has 0 spiro atoms. The molecule has 5 aromatic rings. The molecule has 0 unspecified atom stereocenters. The second-order valence-electron chi connectivity index (χ2n) is 14.5. The molecule has 0 saturated carbocycles. The first kappa shape index (κ1) is 41.5. The molecule has 2 heterocycles. The van der Waals surface area contributed by atoms with Gasteiger partial charge in [-0.05, 0) is 46.7 Å². The van der Waals surface area contributed by atoms with Crippen LogP contribution in [0.1, 0.15) is 55.6 Å². The highest BCUT2D eigenvalue weighted by Crippen LogP contribution is 2.45. The molecule has 1 aromatic heterocycles. The van der Waals surface area contributed by atoms with Gasteiger partial charge in [0.15, 0.2) is 0 Å². The summed E-state index contributed by atoms with van der Waals surface area (Å²) >= 11 is 0. The van der Waals surface area contributed by atoms with Gasteiger partial charge in [0.1, 0.15) is 13.2 Å². The molecule has 0 aliphatic carbocycles. The zero-order valence-electron chi connectivity index (χ0n) is 31.0. The standard InChI is InChI=1S/C42H35BF10N2O2/c1-26(35-33-22-30(38(2,3)4)20-21-31(33)36(54-35)29-18-12-7-13-19-29)37-32(27-14-8-5-9-15-27)23-34(28-16-10-6-11-17-28)55(37)43(56-24-39(44,45)41(48,49)50)57-25-40(46,47)42(51,52)53/h5-23H,24-25H2,1-4H3/b35-26-. The lowest BCUT2D eigenvalue weighted by molar-refractivity contribution is -0.295. The Morgan fingerprint density at radius 3 is 1.53 bits per heavy atom. The summed E-state index contributed by atoms with van der Waals surface area (Å²) in [5.74, 6) is -11.1. The molecule has 0 fully saturated rings. The van der Waals surface area contributed by atoms with Gasteiger partial charge in [-0.3, -0.25) is 0 Å². The molecule has 0 amide bonds. The SMILES string of the molecule is C/C(=C1/N=C(c2ccccc2)c2ccc(C(C)(C)C)cc21)c1c(-c2ccccc2)cc(-c2ccccc2)n1B(OCC(F)(F)C(F)(F)F)OCC(F)(F)C(F)(F)F. The lowest BCUT2D eigenvalue weighted by Gasteiger charge is -2.27. The van der Waals surface area contributed by atoms with Crippen molar-refractivity contribution in [2.75, 3.05) is 13.2 Å². The Morgan fingerprint density at radius 1 is 0.579 bits per heavy atom. The molecule has 6 rings (SSSR count). The van der Waals surface area contributed by atoms with Crippen LogP contribution >= 0.6 is 0 Å². The quantitative estimate of drug-likeness (QED) is 0.0985. The summed E-state index contributed by atoms with van der Waals surface area (Å²) in [6.07, 6.45) is -12.3. The summed E-state index contributed by atoms with van der Waals surface area (Å²) in [6.45, 7) is 2.62. The van der Waals surface area contributed by atoms with Crippen LogP contribution in [0, 0.1) is 0 Å². The number of nitrogens with zero attached hydrogens (tertiary/aromatic N) is 2. The highest BCUT2D eigenvalue weighted by atomic mass is 19.4. The van der Waals surface area contributed by atoms with E-state index < -0.39 is 44.7 Å². The molecular formula is C42H35BF10N2O2. The van der Waals surface area contributed by atoms with E-state index in [2.05, 4.69) is 0 Å². The zero-order chi connectivity index (χ0) is 41.6. The van der Waals surface area contributed by atoms with Crippen molar-refractivity contribution < 1.29 is 53.2 Å². The van der Waals surface area contributed by atoms with E-state index in [0.717, 1.165) is 15.6 Å². The molecule has 0 saturated heterocycles. The van der Waals surface area contributed by atoms with Gasteiger partial charge >= 0.3 is 31.5 Å². The second kappa shape index (κ2) is 15.3. The lowest BCUT2D eigenvalue weighted by atomic mass is 9.84. The van der Waals surface area contributed by atoms with E-state index in [9.17, 15) is 43.9 Å². The van der Waals surface area contributed by atoms with E-state index in [1.165, 1.54) is 18.2 Å². The van der Waals surface area contributed by atoms with Crippen molar-refractivity contribution in [3.05, 3.63) is 143 Å². The van der Waals surface area contributed by atoms with Crippen molar-refractivity contribution in [1.29, 1.82) is 0 Å². The number of hydrogen-bond acceptors (Lipinski definition) is 3. The third-order valence-corrected chi connectivity index (χ3v) is 9.42. The van der Waals surface area contributed by atoms with Gasteiger partial charge in [-0.25, -0.2) is 4.99 Å². The van der Waals surface area contributed by atoms with Crippen molar-refractivity contribution in [3.63, 3.8) is 0 Å². The minimum atomic E-state index is -6.16. The minimum absolute atomic E-state index is 0.0177. The predicted molar refractivity (Wildman–Crippen MR) is 200 cm³/mol. The first-order valence-electron chi connectivity index (χ1n) is 17.6. The number of halogens is 10. The van der Waals surface area contributed by atoms with Gasteiger partial charge in [-0.2, -0.15) is 43.9 Å². The van der Waals surface area contributed by atoms with Crippen LogP contribution in [0.4, 0.5) is 43.9 Å². The Hall–Kier alpha value is -5.15. The van der Waals surface area contributed by atoms with E-state index in [-0.39, 0.29) is 27.9 Å². The summed E-state index contributed by atoms with van der Waals surface area (Å²) < 4.78 is 150. The fourth-order valence-electron chi connectivity index (χ4n) is 6.37. The van der Waals surface area contributed by atoms with Crippen LogP contribution < -0.4 is 0 Å². The van der Waals surface area contributed by atoms with Gasteiger partial charge in [0.25, 0.3) is 0 Å². The third-order valence-electron chi connectivity index (χ3n) is 9.42. The summed E-state index contributed by atoms with van der Waals surface area (Å²) in [5, 5.41) is 0. The molecule has 0 N–H and O–H groups in total. The lowest BCUT2D eigenvalue weighted by Crippen LogP contribution is -2.48. The second-order valence-corrected chi connectivity index (χ2v) is 14.5. The average molecular weight is 801 g/mol. The van der Waals surface area contributed by atoms with E-state index in [1.54, 1.807) is 55.5 Å². The largest absolute Gasteiger partial charge is 0.598 e. The van der Waals surface area contributed by atoms with Gasteiger partial charge in [-0.15, -0.1) is 0 Å². The zero-order valence-corrected chi connectivity index (χ0v) is 31.0. The van der Waals surface area contributed by atoms with E-state index >= 15 is 0 Å². The van der Waals surface area contributed by atoms with E-state index in [1.807, 2.05) is 69.3 Å². The summed E-state index contributed by atoms with van der Waals surface area (Å²) in [5.41, 5.74) is 4.67. The number of alkyl halides is 10. The maximum Gasteiger partial charge on any atom is 0.598 e. The molecule has 298 valence electrons. The van der Waals surface area contributed by atoms with Crippen molar-refractivity contribution in [3.8, 4) is 22.4 Å². The van der Waals surface area contributed by atoms with Crippen LogP contribution in [0.15, 0.2) is 120 Å². The fraction of sp³-hybridized carbons (Fsp3) is 0.262. The Kier molecular flexibility index (Phi) is 11.1. The van der Waals surface area contributed by atoms with Gasteiger partial charge < -0.3 is 13.8 Å².